The van der Waals surface area contributed by atoms with E-state index in [9.17, 15) is 5.11 Å². The summed E-state index contributed by atoms with van der Waals surface area (Å²) in [6.07, 6.45) is 1.12. The molecular formula is C17H21NO2. The second-order valence-corrected chi connectivity index (χ2v) is 5.99. The first-order chi connectivity index (χ1) is 9.36. The van der Waals surface area contributed by atoms with E-state index in [1.807, 2.05) is 24.3 Å². The lowest BCUT2D eigenvalue weighted by molar-refractivity contribution is 0.198. The topological polar surface area (TPSA) is 42.4 Å². The van der Waals surface area contributed by atoms with E-state index in [4.69, 9.17) is 4.74 Å². The molecule has 0 aliphatic rings. The molecule has 0 saturated carbocycles. The van der Waals surface area contributed by atoms with Crippen LogP contribution < -0.4 is 4.74 Å². The smallest absolute Gasteiger partial charge is 0.219 e. The van der Waals surface area contributed by atoms with Gasteiger partial charge in [-0.1, -0.05) is 32.9 Å². The van der Waals surface area contributed by atoms with E-state index in [0.717, 1.165) is 11.3 Å². The van der Waals surface area contributed by atoms with Gasteiger partial charge in [-0.2, -0.15) is 0 Å². The van der Waals surface area contributed by atoms with Crippen molar-refractivity contribution in [2.75, 3.05) is 0 Å². The minimum absolute atomic E-state index is 0.0863. The van der Waals surface area contributed by atoms with Gasteiger partial charge in [0.05, 0.1) is 6.10 Å². The van der Waals surface area contributed by atoms with Gasteiger partial charge in [-0.05, 0) is 41.7 Å². The van der Waals surface area contributed by atoms with Crippen molar-refractivity contribution in [3.05, 3.63) is 53.7 Å². The zero-order valence-electron chi connectivity index (χ0n) is 12.4. The molecule has 1 aromatic carbocycles. The molecule has 0 aliphatic heterocycles. The minimum atomic E-state index is -0.513. The van der Waals surface area contributed by atoms with E-state index in [1.54, 1.807) is 19.2 Å². The molecule has 1 N–H and O–H groups in total. The van der Waals surface area contributed by atoms with Crippen LogP contribution in [-0.2, 0) is 5.41 Å². The van der Waals surface area contributed by atoms with Crippen molar-refractivity contribution >= 4 is 0 Å². The Labute approximate surface area is 120 Å². The largest absolute Gasteiger partial charge is 0.439 e. The molecule has 0 spiro atoms. The maximum atomic E-state index is 9.45. The molecule has 1 atom stereocenters. The van der Waals surface area contributed by atoms with E-state index in [1.165, 1.54) is 5.56 Å². The van der Waals surface area contributed by atoms with E-state index < -0.39 is 6.10 Å². The second-order valence-electron chi connectivity index (χ2n) is 5.99. The van der Waals surface area contributed by atoms with E-state index in [-0.39, 0.29) is 5.41 Å². The molecule has 0 aliphatic carbocycles. The lowest BCUT2D eigenvalue weighted by atomic mass is 9.87. The molecule has 0 fully saturated rings. The van der Waals surface area contributed by atoms with Crippen molar-refractivity contribution < 1.29 is 9.84 Å². The van der Waals surface area contributed by atoms with Gasteiger partial charge < -0.3 is 9.84 Å². The average molecular weight is 271 g/mol. The monoisotopic (exact) mass is 271 g/mol. The van der Waals surface area contributed by atoms with Crippen molar-refractivity contribution in [2.24, 2.45) is 0 Å². The van der Waals surface area contributed by atoms with Crippen LogP contribution in [0.5, 0.6) is 11.6 Å². The molecule has 1 heterocycles. The molecule has 0 radical (unpaired) electrons. The highest BCUT2D eigenvalue weighted by Gasteiger charge is 2.14. The average Bonchev–Trinajstić information content (AvgIpc) is 2.38. The summed E-state index contributed by atoms with van der Waals surface area (Å²) >= 11 is 0. The lowest BCUT2D eigenvalue weighted by Crippen LogP contribution is -2.10. The van der Waals surface area contributed by atoms with Gasteiger partial charge in [-0.3, -0.25) is 0 Å². The Morgan fingerprint density at radius 1 is 1.15 bits per heavy atom. The number of hydrogen-bond acceptors (Lipinski definition) is 3. The summed E-state index contributed by atoms with van der Waals surface area (Å²) in [5, 5.41) is 9.45. The quantitative estimate of drug-likeness (QED) is 0.908. The van der Waals surface area contributed by atoms with Gasteiger partial charge in [-0.25, -0.2) is 4.98 Å². The van der Waals surface area contributed by atoms with Crippen LogP contribution in [0.15, 0.2) is 42.6 Å². The Bertz CT molecular complexity index is 568. The molecule has 2 aromatic rings. The Morgan fingerprint density at radius 3 is 2.45 bits per heavy atom. The van der Waals surface area contributed by atoms with Gasteiger partial charge in [0.25, 0.3) is 0 Å². The number of ether oxygens (including phenoxy) is 1. The Kier molecular flexibility index (Phi) is 4.09. The third-order valence-electron chi connectivity index (χ3n) is 3.16. The zero-order valence-corrected chi connectivity index (χ0v) is 12.4. The minimum Gasteiger partial charge on any atom is -0.439 e. The fraction of sp³-hybridized carbons (Fsp3) is 0.353. The number of aliphatic hydroxyl groups excluding tert-OH is 1. The molecule has 20 heavy (non-hydrogen) atoms. The molecule has 0 amide bonds. The summed E-state index contributed by atoms with van der Waals surface area (Å²) in [6, 6.07) is 11.6. The summed E-state index contributed by atoms with van der Waals surface area (Å²) in [4.78, 5) is 4.20. The first kappa shape index (κ1) is 14.5. The molecule has 1 unspecified atom stereocenters. The number of pyridine rings is 1. The molecule has 106 valence electrons. The molecule has 1 aromatic heterocycles. The summed E-state index contributed by atoms with van der Waals surface area (Å²) in [7, 11) is 0. The highest BCUT2D eigenvalue weighted by molar-refractivity contribution is 5.35. The lowest BCUT2D eigenvalue weighted by Gasteiger charge is -2.19. The van der Waals surface area contributed by atoms with E-state index in [2.05, 4.69) is 31.8 Å². The third kappa shape index (κ3) is 3.58. The molecule has 0 bridgehead atoms. The standard InChI is InChI=1S/C17H21NO2/c1-12(19)13-8-9-16(18-11-13)20-15-7-5-6-14(10-15)17(2,3)4/h5-12,19H,1-4H3. The number of hydrogen-bond donors (Lipinski definition) is 1. The van der Waals surface area contributed by atoms with Crippen LogP contribution >= 0.6 is 0 Å². The molecule has 0 saturated heterocycles. The van der Waals surface area contributed by atoms with Crippen LogP contribution in [-0.4, -0.2) is 10.1 Å². The third-order valence-corrected chi connectivity index (χ3v) is 3.16. The first-order valence-electron chi connectivity index (χ1n) is 6.79. The maximum absolute atomic E-state index is 9.45. The predicted octanol–water partition coefficient (Wildman–Crippen LogP) is 4.22. The molecular weight excluding hydrogens is 250 g/mol. The highest BCUT2D eigenvalue weighted by atomic mass is 16.5. The van der Waals surface area contributed by atoms with Gasteiger partial charge in [0.15, 0.2) is 0 Å². The Balaban J connectivity index is 2.18. The van der Waals surface area contributed by atoms with Crippen LogP contribution in [0.1, 0.15) is 44.9 Å². The number of aliphatic hydroxyl groups is 1. The van der Waals surface area contributed by atoms with E-state index >= 15 is 0 Å². The van der Waals surface area contributed by atoms with Crippen molar-refractivity contribution in [2.45, 2.75) is 39.2 Å². The van der Waals surface area contributed by atoms with Crippen LogP contribution in [0.25, 0.3) is 0 Å². The van der Waals surface area contributed by atoms with Crippen LogP contribution in [0, 0.1) is 0 Å². The van der Waals surface area contributed by atoms with Crippen LogP contribution in [0.2, 0.25) is 0 Å². The SMILES string of the molecule is CC(O)c1ccc(Oc2cccc(C(C)(C)C)c2)nc1. The normalized spacial score (nSPS) is 13.1. The van der Waals surface area contributed by atoms with Crippen LogP contribution in [0.4, 0.5) is 0 Å². The zero-order chi connectivity index (χ0) is 14.8. The molecule has 3 nitrogen and oxygen atoms in total. The Morgan fingerprint density at radius 2 is 1.90 bits per heavy atom. The van der Waals surface area contributed by atoms with E-state index in [0.29, 0.717) is 5.88 Å². The fourth-order valence-corrected chi connectivity index (χ4v) is 1.85. The van der Waals surface area contributed by atoms with Crippen molar-refractivity contribution in [3.63, 3.8) is 0 Å². The van der Waals surface area contributed by atoms with Gasteiger partial charge >= 0.3 is 0 Å². The fourth-order valence-electron chi connectivity index (χ4n) is 1.85. The van der Waals surface area contributed by atoms with Gasteiger partial charge in [0.1, 0.15) is 5.75 Å². The summed E-state index contributed by atoms with van der Waals surface area (Å²) < 4.78 is 5.76. The summed E-state index contributed by atoms with van der Waals surface area (Å²) in [5.41, 5.74) is 2.08. The summed E-state index contributed by atoms with van der Waals surface area (Å²) in [6.45, 7) is 8.22. The van der Waals surface area contributed by atoms with Gasteiger partial charge in [-0.15, -0.1) is 0 Å². The number of aromatic nitrogens is 1. The Hall–Kier alpha value is -1.87. The molecule has 3 heteroatoms. The van der Waals surface area contributed by atoms with Crippen LogP contribution in [0.3, 0.4) is 0 Å². The maximum Gasteiger partial charge on any atom is 0.219 e. The van der Waals surface area contributed by atoms with Gasteiger partial charge in [0, 0.05) is 12.3 Å². The second kappa shape index (κ2) is 5.63. The van der Waals surface area contributed by atoms with Crippen molar-refractivity contribution in [1.82, 2.24) is 4.98 Å². The summed E-state index contributed by atoms with van der Waals surface area (Å²) in [5.74, 6) is 1.30. The number of rotatable bonds is 3. The highest BCUT2D eigenvalue weighted by Crippen LogP contribution is 2.28. The van der Waals surface area contributed by atoms with Crippen molar-refractivity contribution in [1.29, 1.82) is 0 Å². The number of nitrogens with zero attached hydrogens (tertiary/aromatic N) is 1. The molecule has 2 rings (SSSR count). The number of benzene rings is 1. The van der Waals surface area contributed by atoms with Gasteiger partial charge in [0.2, 0.25) is 5.88 Å². The first-order valence-corrected chi connectivity index (χ1v) is 6.79. The predicted molar refractivity (Wildman–Crippen MR) is 80.1 cm³/mol. The van der Waals surface area contributed by atoms with Crippen molar-refractivity contribution in [3.8, 4) is 11.6 Å².